The zero-order valence-corrected chi connectivity index (χ0v) is 15.6. The number of halogens is 2. The highest BCUT2D eigenvalue weighted by atomic mass is 79.9. The summed E-state index contributed by atoms with van der Waals surface area (Å²) in [5.41, 5.74) is 4.63. The topological polar surface area (TPSA) is 20.3 Å². The molecule has 0 saturated heterocycles. The second-order valence-electron chi connectivity index (χ2n) is 5.32. The van der Waals surface area contributed by atoms with Crippen LogP contribution in [0.3, 0.4) is 0 Å². The molecule has 0 saturated carbocycles. The van der Waals surface area contributed by atoms with Gasteiger partial charge in [0.25, 0.3) is 0 Å². The fourth-order valence-electron chi connectivity index (χ4n) is 2.76. The van der Waals surface area contributed by atoms with Crippen LogP contribution in [0.2, 0.25) is 0 Å². The summed E-state index contributed by atoms with van der Waals surface area (Å²) < 4.78 is 1.88. The Morgan fingerprint density at radius 2 is 2.14 bits per heavy atom. The Hall–Kier alpha value is -0.650. The third-order valence-corrected chi connectivity index (χ3v) is 6.08. The lowest BCUT2D eigenvalue weighted by Crippen LogP contribution is -2.34. The number of carbonyl (C=O) groups excluding carboxylic acids is 1. The number of ketones is 1. The number of thiophene rings is 1. The van der Waals surface area contributed by atoms with E-state index >= 15 is 0 Å². The number of hydrogen-bond donors (Lipinski definition) is 0. The summed E-state index contributed by atoms with van der Waals surface area (Å²) in [6.45, 7) is 3.51. The first-order chi connectivity index (χ1) is 10.0. The molecule has 2 heterocycles. The molecule has 3 rings (SSSR count). The summed E-state index contributed by atoms with van der Waals surface area (Å²) in [6.07, 6.45) is 2.22. The van der Waals surface area contributed by atoms with Gasteiger partial charge in [-0.2, -0.15) is 0 Å². The Labute approximate surface area is 145 Å². The second kappa shape index (κ2) is 6.23. The molecule has 1 aromatic carbocycles. The number of rotatable bonds is 3. The molecular formula is C16H15Br2NOS. The van der Waals surface area contributed by atoms with Gasteiger partial charge in [-0.15, -0.1) is 11.3 Å². The molecule has 5 heteroatoms. The van der Waals surface area contributed by atoms with E-state index in [1.54, 1.807) is 11.3 Å². The number of Topliss-reactive ketones (excluding diaryl/α,β-unsaturated/α-hetero) is 1. The normalized spacial score (nSPS) is 14.1. The maximum atomic E-state index is 12.5. The number of anilines is 1. The molecule has 110 valence electrons. The molecule has 0 radical (unpaired) electrons. The quantitative estimate of drug-likeness (QED) is 0.624. The molecule has 0 aliphatic carbocycles. The third kappa shape index (κ3) is 3.25. The van der Waals surface area contributed by atoms with Crippen LogP contribution in [0.4, 0.5) is 5.69 Å². The van der Waals surface area contributed by atoms with Crippen molar-refractivity contribution in [2.45, 2.75) is 19.8 Å². The molecular weight excluding hydrogens is 414 g/mol. The second-order valence-corrected chi connectivity index (χ2v) is 9.07. The number of nitrogens with zero attached hydrogens (tertiary/aromatic N) is 1. The average molecular weight is 429 g/mol. The van der Waals surface area contributed by atoms with Crippen LogP contribution in [0.15, 0.2) is 31.8 Å². The molecule has 0 amide bonds. The van der Waals surface area contributed by atoms with Crippen LogP contribution in [-0.2, 0) is 6.42 Å². The van der Waals surface area contributed by atoms with Crippen molar-refractivity contribution >= 4 is 54.7 Å². The van der Waals surface area contributed by atoms with Gasteiger partial charge < -0.3 is 4.90 Å². The van der Waals surface area contributed by atoms with Crippen LogP contribution in [0.25, 0.3) is 0 Å². The minimum Gasteiger partial charge on any atom is -0.364 e. The Bertz CT molecular complexity index is 696. The van der Waals surface area contributed by atoms with Gasteiger partial charge in [0.05, 0.1) is 14.1 Å². The summed E-state index contributed by atoms with van der Waals surface area (Å²) in [7, 11) is 0. The number of carbonyl (C=O) groups is 1. The van der Waals surface area contributed by atoms with E-state index in [1.807, 2.05) is 6.07 Å². The maximum absolute atomic E-state index is 12.5. The largest absolute Gasteiger partial charge is 0.364 e. The SMILES string of the molecule is Cc1ccc2c(c1)CCCN2CC(=O)c1cc(Br)sc1Br. The predicted octanol–water partition coefficient (Wildman–Crippen LogP) is 5.22. The van der Waals surface area contributed by atoms with Crippen LogP contribution in [-0.4, -0.2) is 18.9 Å². The first-order valence-corrected chi connectivity index (χ1v) is 9.27. The Kier molecular flexibility index (Phi) is 4.52. The summed E-state index contributed by atoms with van der Waals surface area (Å²) in [5, 5.41) is 0. The lowest BCUT2D eigenvalue weighted by atomic mass is 9.99. The highest BCUT2D eigenvalue weighted by Gasteiger charge is 2.21. The van der Waals surface area contributed by atoms with Crippen molar-refractivity contribution in [3.8, 4) is 0 Å². The van der Waals surface area contributed by atoms with Crippen molar-refractivity contribution in [2.75, 3.05) is 18.0 Å². The first-order valence-electron chi connectivity index (χ1n) is 6.87. The number of aryl methyl sites for hydroxylation is 2. The Morgan fingerprint density at radius 1 is 1.33 bits per heavy atom. The van der Waals surface area contributed by atoms with E-state index in [1.165, 1.54) is 16.8 Å². The predicted molar refractivity (Wildman–Crippen MR) is 95.8 cm³/mol. The van der Waals surface area contributed by atoms with Crippen LogP contribution in [0.5, 0.6) is 0 Å². The lowest BCUT2D eigenvalue weighted by Gasteiger charge is -2.31. The first kappa shape index (κ1) is 15.3. The number of fused-ring (bicyclic) bond motifs is 1. The summed E-state index contributed by atoms with van der Waals surface area (Å²) >= 11 is 8.45. The smallest absolute Gasteiger partial charge is 0.184 e. The molecule has 21 heavy (non-hydrogen) atoms. The van der Waals surface area contributed by atoms with Gasteiger partial charge in [0, 0.05) is 17.8 Å². The van der Waals surface area contributed by atoms with Gasteiger partial charge in [-0.1, -0.05) is 17.7 Å². The van der Waals surface area contributed by atoms with Gasteiger partial charge in [0.15, 0.2) is 5.78 Å². The van der Waals surface area contributed by atoms with E-state index in [9.17, 15) is 4.79 Å². The van der Waals surface area contributed by atoms with Crippen molar-refractivity contribution in [2.24, 2.45) is 0 Å². The van der Waals surface area contributed by atoms with Crippen molar-refractivity contribution in [3.05, 3.63) is 48.5 Å². The molecule has 0 spiro atoms. The van der Waals surface area contributed by atoms with Crippen molar-refractivity contribution in [3.63, 3.8) is 0 Å². The molecule has 0 atom stereocenters. The lowest BCUT2D eigenvalue weighted by molar-refractivity contribution is 0.0998. The standard InChI is InChI=1S/C16H15Br2NOS/c1-10-4-5-13-11(7-10)3-2-6-19(13)9-14(20)12-8-15(17)21-16(12)18/h4-5,7-8H,2-3,6,9H2,1H3. The molecule has 0 fully saturated rings. The van der Waals surface area contributed by atoms with Crippen molar-refractivity contribution < 1.29 is 4.79 Å². The van der Waals surface area contributed by atoms with Gasteiger partial charge in [-0.3, -0.25) is 4.79 Å². The Balaban J connectivity index is 1.83. The average Bonchev–Trinajstić information content (AvgIpc) is 2.77. The molecule has 0 unspecified atom stereocenters. The number of benzene rings is 1. The number of hydrogen-bond acceptors (Lipinski definition) is 3. The minimum atomic E-state index is 0.164. The summed E-state index contributed by atoms with van der Waals surface area (Å²) in [5.74, 6) is 0.164. The molecule has 0 N–H and O–H groups in total. The maximum Gasteiger partial charge on any atom is 0.184 e. The van der Waals surface area contributed by atoms with E-state index in [0.29, 0.717) is 6.54 Å². The molecule has 0 bridgehead atoms. The van der Waals surface area contributed by atoms with Crippen molar-refractivity contribution in [1.29, 1.82) is 0 Å². The van der Waals surface area contributed by atoms with Crippen LogP contribution in [0, 0.1) is 6.92 Å². The van der Waals surface area contributed by atoms with Crippen LogP contribution < -0.4 is 4.90 Å². The van der Waals surface area contributed by atoms with E-state index < -0.39 is 0 Å². The van der Waals surface area contributed by atoms with Gasteiger partial charge >= 0.3 is 0 Å². The molecule has 1 aliphatic heterocycles. The molecule has 1 aromatic heterocycles. The van der Waals surface area contributed by atoms with Gasteiger partial charge in [-0.05, 0) is 69.3 Å². The van der Waals surface area contributed by atoms with Gasteiger partial charge in [0.2, 0.25) is 0 Å². The fourth-order valence-corrected chi connectivity index (χ4v) is 5.61. The highest BCUT2D eigenvalue weighted by molar-refractivity contribution is 9.12. The van der Waals surface area contributed by atoms with E-state index in [2.05, 4.69) is 61.9 Å². The van der Waals surface area contributed by atoms with Crippen LogP contribution in [0.1, 0.15) is 27.9 Å². The van der Waals surface area contributed by atoms with Crippen LogP contribution >= 0.6 is 43.2 Å². The molecule has 1 aliphatic rings. The summed E-state index contributed by atoms with van der Waals surface area (Å²) in [6, 6.07) is 8.41. The minimum absolute atomic E-state index is 0.164. The van der Waals surface area contributed by atoms with E-state index in [-0.39, 0.29) is 5.78 Å². The molecule has 2 aromatic rings. The zero-order chi connectivity index (χ0) is 15.0. The fraction of sp³-hybridized carbons (Fsp3) is 0.312. The van der Waals surface area contributed by atoms with Crippen molar-refractivity contribution in [1.82, 2.24) is 0 Å². The Morgan fingerprint density at radius 3 is 2.86 bits per heavy atom. The van der Waals surface area contributed by atoms with E-state index in [4.69, 9.17) is 0 Å². The van der Waals surface area contributed by atoms with Gasteiger partial charge in [0.1, 0.15) is 0 Å². The molecule has 2 nitrogen and oxygen atoms in total. The zero-order valence-electron chi connectivity index (χ0n) is 11.7. The third-order valence-electron chi connectivity index (χ3n) is 3.74. The highest BCUT2D eigenvalue weighted by Crippen LogP contribution is 2.33. The summed E-state index contributed by atoms with van der Waals surface area (Å²) in [4.78, 5) is 14.7. The monoisotopic (exact) mass is 427 g/mol. The van der Waals surface area contributed by atoms with Gasteiger partial charge in [-0.25, -0.2) is 0 Å². The van der Waals surface area contributed by atoms with E-state index in [0.717, 1.165) is 32.5 Å².